The molecule has 2 saturated heterocycles. The number of carbonyl (C=O) groups is 1. The lowest BCUT2D eigenvalue weighted by molar-refractivity contribution is -0.142. The van der Waals surface area contributed by atoms with Gasteiger partial charge in [-0.3, -0.25) is 4.79 Å². The van der Waals surface area contributed by atoms with E-state index in [1.54, 1.807) is 0 Å². The summed E-state index contributed by atoms with van der Waals surface area (Å²) in [5.74, 6) is 0.0556. The predicted octanol–water partition coefficient (Wildman–Crippen LogP) is 0.340. The van der Waals surface area contributed by atoms with E-state index in [1.807, 2.05) is 6.92 Å². The van der Waals surface area contributed by atoms with Gasteiger partial charge >= 0.3 is 5.97 Å². The highest BCUT2D eigenvalue weighted by Gasteiger charge is 2.38. The van der Waals surface area contributed by atoms with Crippen LogP contribution in [0.3, 0.4) is 0 Å². The first-order valence-electron chi connectivity index (χ1n) is 7.23. The van der Waals surface area contributed by atoms with E-state index in [2.05, 4.69) is 12.2 Å². The first-order valence-corrected chi connectivity index (χ1v) is 9.07. The molecule has 1 N–H and O–H groups in total. The fraction of sp³-hybridized carbons (Fsp3) is 0.923. The normalized spacial score (nSPS) is 36.0. The summed E-state index contributed by atoms with van der Waals surface area (Å²) in [4.78, 5) is 11.7. The molecule has 0 aromatic carbocycles. The van der Waals surface area contributed by atoms with E-state index in [1.165, 1.54) is 10.6 Å². The molecule has 0 unspecified atom stereocenters. The van der Waals surface area contributed by atoms with E-state index in [0.29, 0.717) is 19.5 Å². The Morgan fingerprint density at radius 2 is 2.15 bits per heavy atom. The van der Waals surface area contributed by atoms with Gasteiger partial charge in [0.1, 0.15) is 12.1 Å². The Morgan fingerprint density at radius 1 is 1.45 bits per heavy atom. The molecule has 0 radical (unpaired) electrons. The van der Waals surface area contributed by atoms with Crippen LogP contribution in [-0.4, -0.2) is 56.2 Å². The second kappa shape index (κ2) is 5.99. The summed E-state index contributed by atoms with van der Waals surface area (Å²) in [6.45, 7) is 5.00. The summed E-state index contributed by atoms with van der Waals surface area (Å²) in [5, 5.41) is 3.37. The second-order valence-electron chi connectivity index (χ2n) is 5.89. The lowest BCUT2D eigenvalue weighted by Crippen LogP contribution is -2.53. The molecule has 0 aromatic rings. The second-order valence-corrected chi connectivity index (χ2v) is 7.87. The van der Waals surface area contributed by atoms with Crippen molar-refractivity contribution >= 4 is 16.0 Å². The van der Waals surface area contributed by atoms with E-state index < -0.39 is 10.0 Å². The molecule has 0 saturated carbocycles. The third kappa shape index (κ3) is 3.51. The van der Waals surface area contributed by atoms with Crippen molar-refractivity contribution in [1.29, 1.82) is 0 Å². The van der Waals surface area contributed by atoms with Crippen LogP contribution < -0.4 is 5.32 Å². The number of cyclic esters (lactones) is 1. The maximum absolute atomic E-state index is 11.7. The molecule has 0 aromatic heterocycles. The van der Waals surface area contributed by atoms with Gasteiger partial charge in [0.2, 0.25) is 10.0 Å². The average molecular weight is 304 g/mol. The number of piperidine rings is 1. The smallest absolute Gasteiger partial charge is 0.323 e. The molecule has 0 amide bonds. The summed E-state index contributed by atoms with van der Waals surface area (Å²) in [5.41, 5.74) is 0. The van der Waals surface area contributed by atoms with Crippen LogP contribution in [0, 0.1) is 5.92 Å². The summed E-state index contributed by atoms with van der Waals surface area (Å²) < 4.78 is 29.9. The predicted molar refractivity (Wildman–Crippen MR) is 75.7 cm³/mol. The summed E-state index contributed by atoms with van der Waals surface area (Å²) in [7, 11) is -3.13. The lowest BCUT2D eigenvalue weighted by atomic mass is 9.90. The molecule has 2 aliphatic heterocycles. The molecular weight excluding hydrogens is 280 g/mol. The SMILES string of the molecule is CC[C@@H]1CN(S(C)(=O)=O)CC[C@@H]1N[C@@H]1C[C@@H](C)OC1=O. The highest BCUT2D eigenvalue weighted by Crippen LogP contribution is 2.24. The molecule has 2 aliphatic rings. The molecule has 2 fully saturated rings. The first-order chi connectivity index (χ1) is 9.31. The first kappa shape index (κ1) is 15.7. The monoisotopic (exact) mass is 304 g/mol. The highest BCUT2D eigenvalue weighted by molar-refractivity contribution is 7.88. The summed E-state index contributed by atoms with van der Waals surface area (Å²) in [6.07, 6.45) is 3.55. The molecule has 6 nitrogen and oxygen atoms in total. The molecule has 0 spiro atoms. The standard InChI is InChI=1S/C13H24N2O4S/c1-4-10-8-15(20(3,17)18)6-5-11(10)14-12-7-9(2)19-13(12)16/h9-12,14H,4-8H2,1-3H3/t9-,10-,11+,12-/m1/s1. The third-order valence-electron chi connectivity index (χ3n) is 4.27. The fourth-order valence-corrected chi connectivity index (χ4v) is 3.98. The molecule has 0 bridgehead atoms. The Kier molecular flexibility index (Phi) is 4.71. The van der Waals surface area contributed by atoms with Crippen molar-refractivity contribution in [2.24, 2.45) is 5.92 Å². The van der Waals surface area contributed by atoms with Crippen LogP contribution in [0.25, 0.3) is 0 Å². The quantitative estimate of drug-likeness (QED) is 0.758. The van der Waals surface area contributed by atoms with Gasteiger partial charge in [-0.2, -0.15) is 0 Å². The molecule has 116 valence electrons. The Morgan fingerprint density at radius 3 is 2.65 bits per heavy atom. The number of rotatable bonds is 4. The minimum absolute atomic E-state index is 0.0313. The van der Waals surface area contributed by atoms with Crippen LogP contribution in [-0.2, 0) is 19.6 Å². The van der Waals surface area contributed by atoms with Crippen LogP contribution in [0.5, 0.6) is 0 Å². The summed E-state index contributed by atoms with van der Waals surface area (Å²) >= 11 is 0. The van der Waals surface area contributed by atoms with Crippen LogP contribution in [0.1, 0.15) is 33.1 Å². The molecular formula is C13H24N2O4S. The number of esters is 1. The van der Waals surface area contributed by atoms with E-state index in [-0.39, 0.29) is 30.1 Å². The summed E-state index contributed by atoms with van der Waals surface area (Å²) in [6, 6.07) is -0.0605. The topological polar surface area (TPSA) is 75.7 Å². The van der Waals surface area contributed by atoms with Gasteiger partial charge in [-0.15, -0.1) is 0 Å². The fourth-order valence-electron chi connectivity index (χ4n) is 3.08. The number of hydrogen-bond donors (Lipinski definition) is 1. The van der Waals surface area contributed by atoms with Crippen molar-refractivity contribution in [2.45, 2.75) is 51.3 Å². The highest BCUT2D eigenvalue weighted by atomic mass is 32.2. The van der Waals surface area contributed by atoms with Gasteiger partial charge in [0.15, 0.2) is 0 Å². The zero-order chi connectivity index (χ0) is 14.9. The van der Waals surface area contributed by atoms with Crippen molar-refractivity contribution in [3.05, 3.63) is 0 Å². The number of nitrogens with zero attached hydrogens (tertiary/aromatic N) is 1. The lowest BCUT2D eigenvalue weighted by Gasteiger charge is -2.38. The molecule has 2 rings (SSSR count). The molecule has 4 atom stereocenters. The third-order valence-corrected chi connectivity index (χ3v) is 5.54. The zero-order valence-corrected chi connectivity index (χ0v) is 13.1. The largest absolute Gasteiger partial charge is 0.461 e. The van der Waals surface area contributed by atoms with Gasteiger partial charge in [-0.25, -0.2) is 12.7 Å². The Hall–Kier alpha value is -0.660. The van der Waals surface area contributed by atoms with Crippen molar-refractivity contribution in [3.8, 4) is 0 Å². The van der Waals surface area contributed by atoms with Crippen LogP contribution in [0.15, 0.2) is 0 Å². The van der Waals surface area contributed by atoms with Gasteiger partial charge in [-0.1, -0.05) is 13.3 Å². The van der Waals surface area contributed by atoms with Gasteiger partial charge in [0.25, 0.3) is 0 Å². The maximum Gasteiger partial charge on any atom is 0.323 e. The van der Waals surface area contributed by atoms with Gasteiger partial charge in [0, 0.05) is 25.6 Å². The average Bonchev–Trinajstić information content (AvgIpc) is 2.67. The minimum Gasteiger partial charge on any atom is -0.461 e. The van der Waals surface area contributed by atoms with Crippen molar-refractivity contribution in [2.75, 3.05) is 19.3 Å². The zero-order valence-electron chi connectivity index (χ0n) is 12.3. The Balaban J connectivity index is 1.98. The van der Waals surface area contributed by atoms with Crippen molar-refractivity contribution < 1.29 is 17.9 Å². The van der Waals surface area contributed by atoms with Gasteiger partial charge in [0.05, 0.1) is 6.26 Å². The van der Waals surface area contributed by atoms with E-state index >= 15 is 0 Å². The van der Waals surface area contributed by atoms with Crippen LogP contribution in [0.4, 0.5) is 0 Å². The minimum atomic E-state index is -3.13. The Bertz CT molecular complexity index is 465. The van der Waals surface area contributed by atoms with Crippen molar-refractivity contribution in [1.82, 2.24) is 9.62 Å². The molecule has 20 heavy (non-hydrogen) atoms. The molecule has 7 heteroatoms. The number of ether oxygens (including phenoxy) is 1. The van der Waals surface area contributed by atoms with E-state index in [4.69, 9.17) is 4.74 Å². The molecule has 2 heterocycles. The number of nitrogens with one attached hydrogen (secondary N) is 1. The molecule has 0 aliphatic carbocycles. The van der Waals surface area contributed by atoms with Gasteiger partial charge in [-0.05, 0) is 19.3 Å². The van der Waals surface area contributed by atoms with Crippen molar-refractivity contribution in [3.63, 3.8) is 0 Å². The number of hydrogen-bond acceptors (Lipinski definition) is 5. The number of carbonyl (C=O) groups excluding carboxylic acids is 1. The number of sulfonamides is 1. The van der Waals surface area contributed by atoms with E-state index in [0.717, 1.165) is 12.8 Å². The Labute approximate surface area is 120 Å². The van der Waals surface area contributed by atoms with Crippen LogP contribution in [0.2, 0.25) is 0 Å². The maximum atomic E-state index is 11.7. The van der Waals surface area contributed by atoms with Gasteiger partial charge < -0.3 is 10.1 Å². The van der Waals surface area contributed by atoms with E-state index in [9.17, 15) is 13.2 Å². The van der Waals surface area contributed by atoms with Crippen LogP contribution >= 0.6 is 0 Å².